The van der Waals surface area contributed by atoms with Gasteiger partial charge in [0, 0.05) is 22.1 Å². The minimum absolute atomic E-state index is 0.537. The van der Waals surface area contributed by atoms with Crippen molar-refractivity contribution in [2.24, 2.45) is 0 Å². The summed E-state index contributed by atoms with van der Waals surface area (Å²) in [6.45, 7) is 0. The largest absolute Gasteiger partial charge is 0.495 e. The first-order valence-electron chi connectivity index (χ1n) is 4.10. The number of nitrogens with zero attached hydrogens (tertiary/aromatic N) is 1. The molecule has 0 amide bonds. The molecule has 0 saturated heterocycles. The number of hydrogen-bond donors (Lipinski definition) is 0. The van der Waals surface area contributed by atoms with Crippen molar-refractivity contribution in [3.05, 3.63) is 32.8 Å². The van der Waals surface area contributed by atoms with E-state index in [1.807, 2.05) is 0 Å². The number of benzene rings is 1. The number of ether oxygens (including phenoxy) is 1. The van der Waals surface area contributed by atoms with E-state index in [1.165, 1.54) is 0 Å². The first kappa shape index (κ1) is 11.0. The Morgan fingerprint density at radius 2 is 2.00 bits per heavy atom. The molecule has 0 bridgehead atoms. The predicted molar refractivity (Wildman–Crippen MR) is 66.0 cm³/mol. The van der Waals surface area contributed by atoms with Crippen LogP contribution in [0.15, 0.2) is 22.8 Å². The Balaban J connectivity index is 2.81. The molecule has 15 heavy (non-hydrogen) atoms. The summed E-state index contributed by atoms with van der Waals surface area (Å²) in [6.07, 6.45) is 1.58. The van der Waals surface area contributed by atoms with Gasteiger partial charge in [-0.25, -0.2) is 0 Å². The zero-order chi connectivity index (χ0) is 11.0. The Morgan fingerprint density at radius 3 is 2.67 bits per heavy atom. The van der Waals surface area contributed by atoms with Crippen LogP contribution >= 0.6 is 39.1 Å². The second kappa shape index (κ2) is 4.16. The zero-order valence-electron chi connectivity index (χ0n) is 7.72. The van der Waals surface area contributed by atoms with Gasteiger partial charge in [-0.1, -0.05) is 23.2 Å². The van der Waals surface area contributed by atoms with Gasteiger partial charge in [-0.05, 0) is 22.0 Å². The van der Waals surface area contributed by atoms with Gasteiger partial charge >= 0.3 is 0 Å². The number of hydrogen-bond acceptors (Lipinski definition) is 2. The van der Waals surface area contributed by atoms with E-state index in [1.54, 1.807) is 25.4 Å². The Kier molecular flexibility index (Phi) is 3.05. The molecule has 2 aromatic rings. The van der Waals surface area contributed by atoms with Gasteiger partial charge in [0.05, 0.1) is 22.7 Å². The third kappa shape index (κ3) is 1.92. The molecule has 0 atom stereocenters. The van der Waals surface area contributed by atoms with Crippen molar-refractivity contribution in [1.82, 2.24) is 4.98 Å². The maximum Gasteiger partial charge on any atom is 0.139 e. The number of methoxy groups -OCH3 is 1. The van der Waals surface area contributed by atoms with Crippen molar-refractivity contribution in [3.8, 4) is 5.75 Å². The minimum atomic E-state index is 0.537. The molecule has 0 spiro atoms. The van der Waals surface area contributed by atoms with Gasteiger partial charge in [0.25, 0.3) is 0 Å². The number of pyridine rings is 1. The molecular weight excluding hydrogens is 301 g/mol. The zero-order valence-corrected chi connectivity index (χ0v) is 10.8. The minimum Gasteiger partial charge on any atom is -0.495 e. The molecule has 0 aliphatic heterocycles. The molecule has 0 aliphatic carbocycles. The van der Waals surface area contributed by atoms with Crippen LogP contribution in [0.2, 0.25) is 10.0 Å². The van der Waals surface area contributed by atoms with E-state index in [4.69, 9.17) is 27.9 Å². The second-order valence-electron chi connectivity index (χ2n) is 2.92. The van der Waals surface area contributed by atoms with Crippen LogP contribution in [-0.2, 0) is 0 Å². The van der Waals surface area contributed by atoms with Crippen molar-refractivity contribution >= 4 is 50.0 Å². The lowest BCUT2D eigenvalue weighted by molar-refractivity contribution is 0.415. The van der Waals surface area contributed by atoms with Gasteiger partial charge in [-0.15, -0.1) is 0 Å². The van der Waals surface area contributed by atoms with E-state index in [0.29, 0.717) is 15.8 Å². The average Bonchev–Trinajstić information content (AvgIpc) is 2.24. The molecule has 2 nitrogen and oxygen atoms in total. The fourth-order valence-electron chi connectivity index (χ4n) is 1.29. The highest BCUT2D eigenvalue weighted by Crippen LogP contribution is 2.35. The number of halogens is 3. The lowest BCUT2D eigenvalue weighted by Gasteiger charge is -2.06. The summed E-state index contributed by atoms with van der Waals surface area (Å²) in [6, 6.07) is 3.55. The summed E-state index contributed by atoms with van der Waals surface area (Å²) in [5.74, 6) is 0.603. The molecule has 5 heteroatoms. The van der Waals surface area contributed by atoms with Crippen LogP contribution in [0.3, 0.4) is 0 Å². The average molecular weight is 307 g/mol. The van der Waals surface area contributed by atoms with Gasteiger partial charge in [0.15, 0.2) is 0 Å². The number of rotatable bonds is 1. The monoisotopic (exact) mass is 305 g/mol. The van der Waals surface area contributed by atoms with Gasteiger partial charge in [-0.3, -0.25) is 4.98 Å². The maximum atomic E-state index is 6.01. The third-order valence-electron chi connectivity index (χ3n) is 2.03. The van der Waals surface area contributed by atoms with E-state index in [2.05, 4.69) is 20.9 Å². The Morgan fingerprint density at radius 1 is 1.27 bits per heavy atom. The summed E-state index contributed by atoms with van der Waals surface area (Å²) in [4.78, 5) is 4.19. The topological polar surface area (TPSA) is 22.1 Å². The second-order valence-corrected chi connectivity index (χ2v) is 4.53. The molecule has 0 aliphatic rings. The molecule has 2 rings (SSSR count). The first-order valence-corrected chi connectivity index (χ1v) is 5.65. The van der Waals surface area contributed by atoms with Crippen LogP contribution in [0.5, 0.6) is 5.75 Å². The molecule has 0 unspecified atom stereocenters. The Bertz CT molecular complexity index is 530. The van der Waals surface area contributed by atoms with Crippen LogP contribution in [0, 0.1) is 0 Å². The van der Waals surface area contributed by atoms with Crippen LogP contribution in [0.4, 0.5) is 0 Å². The summed E-state index contributed by atoms with van der Waals surface area (Å²) in [7, 11) is 1.57. The van der Waals surface area contributed by atoms with Crippen molar-refractivity contribution < 1.29 is 4.74 Å². The van der Waals surface area contributed by atoms with Crippen LogP contribution in [-0.4, -0.2) is 12.1 Å². The van der Waals surface area contributed by atoms with E-state index >= 15 is 0 Å². The molecular formula is C10H6BrCl2NO. The molecule has 0 radical (unpaired) electrons. The number of aromatic nitrogens is 1. The molecule has 1 aromatic carbocycles. The summed E-state index contributed by atoms with van der Waals surface area (Å²) in [5.41, 5.74) is 0.785. The number of fused-ring (bicyclic) bond motifs is 1. The predicted octanol–water partition coefficient (Wildman–Crippen LogP) is 4.31. The van der Waals surface area contributed by atoms with Gasteiger partial charge in [-0.2, -0.15) is 0 Å². The van der Waals surface area contributed by atoms with E-state index in [-0.39, 0.29) is 0 Å². The van der Waals surface area contributed by atoms with Gasteiger partial charge < -0.3 is 4.74 Å². The quantitative estimate of drug-likeness (QED) is 0.783. The first-order chi connectivity index (χ1) is 7.13. The Labute approximate surface area is 105 Å². The normalized spacial score (nSPS) is 10.7. The third-order valence-corrected chi connectivity index (χ3v) is 3.70. The van der Waals surface area contributed by atoms with E-state index in [0.717, 1.165) is 15.4 Å². The van der Waals surface area contributed by atoms with Crippen LogP contribution in [0.1, 0.15) is 0 Å². The fourth-order valence-corrected chi connectivity index (χ4v) is 2.10. The fraction of sp³-hybridized carbons (Fsp3) is 0.100. The molecule has 1 aromatic heterocycles. The van der Waals surface area contributed by atoms with E-state index < -0.39 is 0 Å². The molecule has 78 valence electrons. The SMILES string of the molecule is COc1cc2ncc(Cl)c(Br)c2cc1Cl. The molecule has 1 heterocycles. The highest BCUT2D eigenvalue weighted by molar-refractivity contribution is 9.10. The summed E-state index contributed by atoms with van der Waals surface area (Å²) >= 11 is 15.3. The van der Waals surface area contributed by atoms with Crippen molar-refractivity contribution in [1.29, 1.82) is 0 Å². The van der Waals surface area contributed by atoms with E-state index in [9.17, 15) is 0 Å². The van der Waals surface area contributed by atoms with Gasteiger partial charge in [0.2, 0.25) is 0 Å². The lowest BCUT2D eigenvalue weighted by atomic mass is 10.2. The molecule has 0 saturated carbocycles. The Hall–Kier alpha value is -0.510. The van der Waals surface area contributed by atoms with Crippen LogP contribution in [0.25, 0.3) is 10.9 Å². The van der Waals surface area contributed by atoms with Gasteiger partial charge in [0.1, 0.15) is 5.75 Å². The standard InChI is InChI=1S/C10H6BrCl2NO/c1-15-9-3-8-5(2-6(9)12)10(11)7(13)4-14-8/h2-4H,1H3. The summed E-state index contributed by atoms with van der Waals surface area (Å²) in [5, 5.41) is 1.96. The molecule has 0 N–H and O–H groups in total. The summed E-state index contributed by atoms with van der Waals surface area (Å²) < 4.78 is 5.89. The highest BCUT2D eigenvalue weighted by Gasteiger charge is 2.09. The van der Waals surface area contributed by atoms with Crippen molar-refractivity contribution in [2.75, 3.05) is 7.11 Å². The maximum absolute atomic E-state index is 6.01. The van der Waals surface area contributed by atoms with Crippen LogP contribution < -0.4 is 4.74 Å². The van der Waals surface area contributed by atoms with Crippen molar-refractivity contribution in [3.63, 3.8) is 0 Å². The molecule has 0 fully saturated rings. The van der Waals surface area contributed by atoms with Crippen molar-refractivity contribution in [2.45, 2.75) is 0 Å². The highest BCUT2D eigenvalue weighted by atomic mass is 79.9. The lowest BCUT2D eigenvalue weighted by Crippen LogP contribution is -1.87. The smallest absolute Gasteiger partial charge is 0.139 e.